The Hall–Kier alpha value is -2.13. The van der Waals surface area contributed by atoms with Crippen molar-refractivity contribution in [3.8, 4) is 0 Å². The zero-order chi connectivity index (χ0) is 13.7. The van der Waals surface area contributed by atoms with E-state index < -0.39 is 11.6 Å². The predicted molar refractivity (Wildman–Crippen MR) is 70.2 cm³/mol. The minimum atomic E-state index is -1.89. The quantitative estimate of drug-likeness (QED) is 0.865. The molecule has 0 aromatic heterocycles. The largest absolute Gasteiger partial charge is 0.547 e. The molecule has 19 heavy (non-hydrogen) atoms. The topological polar surface area (TPSA) is 60.4 Å². The van der Waals surface area contributed by atoms with E-state index >= 15 is 0 Å². The maximum atomic E-state index is 11.3. The number of carbonyl (C=O) groups excluding carboxylic acids is 1. The van der Waals surface area contributed by atoms with E-state index in [1.54, 1.807) is 24.3 Å². The number of aliphatic carboxylic acids is 1. The van der Waals surface area contributed by atoms with Crippen molar-refractivity contribution in [1.82, 2.24) is 0 Å². The maximum Gasteiger partial charge on any atom is 0.112 e. The highest BCUT2D eigenvalue weighted by atomic mass is 16.4. The van der Waals surface area contributed by atoms with Crippen LogP contribution in [0.1, 0.15) is 11.1 Å². The van der Waals surface area contributed by atoms with Crippen LogP contribution >= 0.6 is 0 Å². The number of rotatable bonds is 5. The van der Waals surface area contributed by atoms with E-state index in [1.807, 2.05) is 36.4 Å². The van der Waals surface area contributed by atoms with Crippen LogP contribution in [-0.2, 0) is 17.6 Å². The number of aliphatic hydroxyl groups is 1. The molecule has 2 rings (SSSR count). The lowest BCUT2D eigenvalue weighted by Crippen LogP contribution is -2.51. The molecular formula is C16H15O3-. The summed E-state index contributed by atoms with van der Waals surface area (Å²) in [4.78, 5) is 11.3. The third kappa shape index (κ3) is 3.42. The molecule has 2 aromatic carbocycles. The Kier molecular flexibility index (Phi) is 3.97. The molecule has 1 N–H and O–H groups in total. The van der Waals surface area contributed by atoms with Crippen molar-refractivity contribution in [2.75, 3.05) is 0 Å². The maximum absolute atomic E-state index is 11.3. The summed E-state index contributed by atoms with van der Waals surface area (Å²) < 4.78 is 0. The Bertz CT molecular complexity index is 493. The Morgan fingerprint density at radius 1 is 0.895 bits per heavy atom. The molecule has 0 radical (unpaired) electrons. The molecule has 0 fully saturated rings. The summed E-state index contributed by atoms with van der Waals surface area (Å²) >= 11 is 0. The van der Waals surface area contributed by atoms with Crippen LogP contribution in [0.25, 0.3) is 0 Å². The van der Waals surface area contributed by atoms with Crippen molar-refractivity contribution >= 4 is 5.97 Å². The first kappa shape index (κ1) is 13.3. The molecule has 0 unspecified atom stereocenters. The molecule has 0 saturated heterocycles. The van der Waals surface area contributed by atoms with Gasteiger partial charge in [-0.25, -0.2) is 0 Å². The summed E-state index contributed by atoms with van der Waals surface area (Å²) in [5, 5.41) is 21.6. The van der Waals surface area contributed by atoms with Crippen LogP contribution in [0.3, 0.4) is 0 Å². The molecule has 2 aromatic rings. The third-order valence-corrected chi connectivity index (χ3v) is 3.06. The Morgan fingerprint density at radius 3 is 1.58 bits per heavy atom. The smallest absolute Gasteiger partial charge is 0.112 e. The van der Waals surface area contributed by atoms with E-state index in [0.717, 1.165) is 11.1 Å². The van der Waals surface area contributed by atoms with Crippen LogP contribution in [0.2, 0.25) is 0 Å². The number of carboxylic acid groups (broad SMARTS) is 1. The minimum absolute atomic E-state index is 0.0328. The highest BCUT2D eigenvalue weighted by Gasteiger charge is 2.29. The zero-order valence-corrected chi connectivity index (χ0v) is 10.5. The highest BCUT2D eigenvalue weighted by Crippen LogP contribution is 2.19. The summed E-state index contributed by atoms with van der Waals surface area (Å²) in [5.41, 5.74) is -0.349. The van der Waals surface area contributed by atoms with Gasteiger partial charge in [0.05, 0.1) is 5.97 Å². The minimum Gasteiger partial charge on any atom is -0.547 e. The van der Waals surface area contributed by atoms with Gasteiger partial charge in [-0.05, 0) is 11.1 Å². The second kappa shape index (κ2) is 5.67. The Morgan fingerprint density at radius 2 is 1.26 bits per heavy atom. The molecule has 0 bridgehead atoms. The molecule has 3 heteroatoms. The summed E-state index contributed by atoms with van der Waals surface area (Å²) in [6.07, 6.45) is 0.0656. The summed E-state index contributed by atoms with van der Waals surface area (Å²) in [5.74, 6) is -1.44. The Balaban J connectivity index is 2.21. The second-order valence-electron chi connectivity index (χ2n) is 4.64. The van der Waals surface area contributed by atoms with Crippen molar-refractivity contribution in [2.24, 2.45) is 0 Å². The number of hydrogen-bond donors (Lipinski definition) is 1. The molecule has 0 spiro atoms. The van der Waals surface area contributed by atoms with E-state index in [0.29, 0.717) is 0 Å². The summed E-state index contributed by atoms with van der Waals surface area (Å²) in [6, 6.07) is 18.1. The second-order valence-corrected chi connectivity index (χ2v) is 4.64. The fraction of sp³-hybridized carbons (Fsp3) is 0.188. The molecule has 0 heterocycles. The van der Waals surface area contributed by atoms with Gasteiger partial charge >= 0.3 is 0 Å². The molecule has 98 valence electrons. The number of hydrogen-bond acceptors (Lipinski definition) is 3. The van der Waals surface area contributed by atoms with Gasteiger partial charge in [0.25, 0.3) is 0 Å². The van der Waals surface area contributed by atoms with Gasteiger partial charge in [0.15, 0.2) is 0 Å². The van der Waals surface area contributed by atoms with Crippen molar-refractivity contribution in [2.45, 2.75) is 18.4 Å². The highest BCUT2D eigenvalue weighted by molar-refractivity contribution is 5.76. The third-order valence-electron chi connectivity index (χ3n) is 3.06. The van der Waals surface area contributed by atoms with Crippen molar-refractivity contribution in [3.63, 3.8) is 0 Å². The van der Waals surface area contributed by atoms with Crippen LogP contribution in [0.5, 0.6) is 0 Å². The van der Waals surface area contributed by atoms with Crippen LogP contribution in [0.15, 0.2) is 60.7 Å². The van der Waals surface area contributed by atoms with Crippen LogP contribution in [0.4, 0.5) is 0 Å². The first-order valence-electron chi connectivity index (χ1n) is 6.12. The standard InChI is InChI=1S/C16H16O3/c17-15(18)16(19,11-13-7-3-1-4-8-13)12-14-9-5-2-6-10-14/h1-10,19H,11-12H2,(H,17,18)/p-1. The first-order valence-corrected chi connectivity index (χ1v) is 6.12. The van der Waals surface area contributed by atoms with Gasteiger partial charge in [-0.3, -0.25) is 0 Å². The van der Waals surface area contributed by atoms with E-state index in [9.17, 15) is 15.0 Å². The van der Waals surface area contributed by atoms with Crippen LogP contribution in [0, 0.1) is 0 Å². The molecular weight excluding hydrogens is 240 g/mol. The van der Waals surface area contributed by atoms with Gasteiger partial charge in [-0.1, -0.05) is 60.7 Å². The SMILES string of the molecule is O=C([O-])C(O)(Cc1ccccc1)Cc1ccccc1. The van der Waals surface area contributed by atoms with Gasteiger partial charge in [0.2, 0.25) is 0 Å². The van der Waals surface area contributed by atoms with Gasteiger partial charge in [-0.2, -0.15) is 0 Å². The van der Waals surface area contributed by atoms with Gasteiger partial charge in [0.1, 0.15) is 5.60 Å². The normalized spacial score (nSPS) is 11.2. The van der Waals surface area contributed by atoms with E-state index in [-0.39, 0.29) is 12.8 Å². The number of benzene rings is 2. The molecule has 0 aliphatic heterocycles. The summed E-state index contributed by atoms with van der Waals surface area (Å²) in [6.45, 7) is 0. The average molecular weight is 255 g/mol. The molecule has 0 atom stereocenters. The van der Waals surface area contributed by atoms with Crippen LogP contribution < -0.4 is 5.11 Å². The van der Waals surface area contributed by atoms with Gasteiger partial charge < -0.3 is 15.0 Å². The molecule has 3 nitrogen and oxygen atoms in total. The molecule has 0 aliphatic rings. The lowest BCUT2D eigenvalue weighted by atomic mass is 9.88. The monoisotopic (exact) mass is 255 g/mol. The van der Waals surface area contributed by atoms with Crippen molar-refractivity contribution in [1.29, 1.82) is 0 Å². The molecule has 0 saturated carbocycles. The number of carboxylic acids is 1. The fourth-order valence-electron chi connectivity index (χ4n) is 2.07. The number of carbonyl (C=O) groups is 1. The Labute approximate surface area is 112 Å². The van der Waals surface area contributed by atoms with Crippen LogP contribution in [-0.4, -0.2) is 16.7 Å². The fourth-order valence-corrected chi connectivity index (χ4v) is 2.07. The predicted octanol–water partition coefficient (Wildman–Crippen LogP) is 0.953. The summed E-state index contributed by atoms with van der Waals surface area (Å²) in [7, 11) is 0. The average Bonchev–Trinajstić information content (AvgIpc) is 2.40. The molecule has 0 aliphatic carbocycles. The zero-order valence-electron chi connectivity index (χ0n) is 10.5. The van der Waals surface area contributed by atoms with Crippen molar-refractivity contribution in [3.05, 3.63) is 71.8 Å². The molecule has 0 amide bonds. The van der Waals surface area contributed by atoms with E-state index in [1.165, 1.54) is 0 Å². The van der Waals surface area contributed by atoms with E-state index in [4.69, 9.17) is 0 Å². The first-order chi connectivity index (χ1) is 9.10. The van der Waals surface area contributed by atoms with Gasteiger partial charge in [-0.15, -0.1) is 0 Å². The van der Waals surface area contributed by atoms with Gasteiger partial charge in [0, 0.05) is 12.8 Å². The lowest BCUT2D eigenvalue weighted by Gasteiger charge is -2.29. The van der Waals surface area contributed by atoms with E-state index in [2.05, 4.69) is 0 Å². The van der Waals surface area contributed by atoms with Crippen molar-refractivity contribution < 1.29 is 15.0 Å². The lowest BCUT2D eigenvalue weighted by molar-refractivity contribution is -0.324.